The minimum atomic E-state index is -0.298. The van der Waals surface area contributed by atoms with Crippen LogP contribution in [-0.2, 0) is 4.74 Å². The van der Waals surface area contributed by atoms with Gasteiger partial charge in [-0.15, -0.1) is 0 Å². The first-order valence-electron chi connectivity index (χ1n) is 5.43. The Morgan fingerprint density at radius 2 is 2.07 bits per heavy atom. The maximum atomic E-state index is 9.53. The van der Waals surface area contributed by atoms with Crippen LogP contribution in [0.5, 0.6) is 0 Å². The summed E-state index contributed by atoms with van der Waals surface area (Å²) in [6.45, 7) is 2.21. The first-order valence-corrected chi connectivity index (χ1v) is 6.58. The van der Waals surface area contributed by atoms with Crippen LogP contribution in [-0.4, -0.2) is 48.5 Å². The maximum absolute atomic E-state index is 9.53. The van der Waals surface area contributed by atoms with Crippen LogP contribution in [0.15, 0.2) is 0 Å². The summed E-state index contributed by atoms with van der Waals surface area (Å²) in [6.07, 6.45) is 2.34. The molecule has 0 aromatic heterocycles. The molecule has 0 amide bonds. The fourth-order valence-corrected chi connectivity index (χ4v) is 3.21. The third kappa shape index (κ3) is 2.86. The van der Waals surface area contributed by atoms with E-state index in [4.69, 9.17) is 4.74 Å². The van der Waals surface area contributed by atoms with Crippen molar-refractivity contribution in [3.8, 4) is 0 Å². The molecule has 14 heavy (non-hydrogen) atoms. The highest BCUT2D eigenvalue weighted by Gasteiger charge is 2.26. The molecule has 2 N–H and O–H groups in total. The summed E-state index contributed by atoms with van der Waals surface area (Å²) in [7, 11) is 0. The fraction of sp³-hybridized carbons (Fsp3) is 1.00. The average Bonchev–Trinajstić information content (AvgIpc) is 2.63. The molecule has 0 aliphatic carbocycles. The van der Waals surface area contributed by atoms with Crippen molar-refractivity contribution in [2.45, 2.75) is 25.0 Å². The van der Waals surface area contributed by atoms with Gasteiger partial charge in [0.25, 0.3) is 0 Å². The minimum absolute atomic E-state index is 0.171. The second-order valence-electron chi connectivity index (χ2n) is 4.18. The number of nitrogens with one attached hydrogen (secondary N) is 1. The van der Waals surface area contributed by atoms with Crippen LogP contribution in [0.2, 0.25) is 0 Å². The van der Waals surface area contributed by atoms with Crippen LogP contribution in [0, 0.1) is 5.92 Å². The lowest BCUT2D eigenvalue weighted by Crippen LogP contribution is -2.41. The molecule has 0 saturated carbocycles. The van der Waals surface area contributed by atoms with Gasteiger partial charge in [0.2, 0.25) is 0 Å². The van der Waals surface area contributed by atoms with Gasteiger partial charge < -0.3 is 15.2 Å². The molecule has 82 valence electrons. The van der Waals surface area contributed by atoms with E-state index in [0.29, 0.717) is 13.2 Å². The summed E-state index contributed by atoms with van der Waals surface area (Å²) in [5, 5.41) is 12.9. The number of aliphatic hydroxyl groups is 1. The predicted octanol–water partition coefficient (Wildman–Crippen LogP) is 0.479. The van der Waals surface area contributed by atoms with E-state index in [2.05, 4.69) is 17.1 Å². The molecule has 3 nitrogen and oxygen atoms in total. The Balaban J connectivity index is 1.65. The van der Waals surface area contributed by atoms with Crippen molar-refractivity contribution >= 4 is 11.8 Å². The number of ether oxygens (including phenoxy) is 1. The predicted molar refractivity (Wildman–Crippen MR) is 58.7 cm³/mol. The molecule has 2 rings (SSSR count). The second-order valence-corrected chi connectivity index (χ2v) is 5.40. The van der Waals surface area contributed by atoms with Crippen LogP contribution in [0.1, 0.15) is 12.8 Å². The summed E-state index contributed by atoms with van der Waals surface area (Å²) >= 11 is 2.06. The fourth-order valence-electron chi connectivity index (χ4n) is 2.01. The second kappa shape index (κ2) is 5.35. The molecule has 2 aliphatic heterocycles. The lowest BCUT2D eigenvalue weighted by atomic mass is 10.0. The van der Waals surface area contributed by atoms with E-state index in [1.807, 2.05) is 0 Å². The summed E-state index contributed by atoms with van der Waals surface area (Å²) in [4.78, 5) is 0. The van der Waals surface area contributed by atoms with E-state index < -0.39 is 0 Å². The molecule has 2 aliphatic rings. The lowest BCUT2D eigenvalue weighted by molar-refractivity contribution is 0.122. The first kappa shape index (κ1) is 10.7. The first-order chi connectivity index (χ1) is 6.86. The van der Waals surface area contributed by atoms with Crippen molar-refractivity contribution in [3.63, 3.8) is 0 Å². The van der Waals surface area contributed by atoms with E-state index in [9.17, 15) is 5.11 Å². The third-order valence-corrected chi connectivity index (χ3v) is 4.11. The van der Waals surface area contributed by atoms with Gasteiger partial charge in [0.05, 0.1) is 25.4 Å². The van der Waals surface area contributed by atoms with Crippen molar-refractivity contribution in [2.24, 2.45) is 5.92 Å². The topological polar surface area (TPSA) is 41.5 Å². The van der Waals surface area contributed by atoms with Gasteiger partial charge in [-0.3, -0.25) is 0 Å². The summed E-state index contributed by atoms with van der Waals surface area (Å²) in [5.41, 5.74) is 0. The molecule has 2 saturated heterocycles. The number of hydrogen-bond acceptors (Lipinski definition) is 4. The van der Waals surface area contributed by atoms with Crippen LogP contribution >= 0.6 is 11.8 Å². The van der Waals surface area contributed by atoms with Gasteiger partial charge in [0.1, 0.15) is 0 Å². The zero-order valence-corrected chi connectivity index (χ0v) is 9.26. The zero-order valence-electron chi connectivity index (χ0n) is 8.45. The Hall–Kier alpha value is 0.230. The highest BCUT2D eigenvalue weighted by atomic mass is 32.2. The summed E-state index contributed by atoms with van der Waals surface area (Å²) in [6, 6.07) is 0.171. The summed E-state index contributed by atoms with van der Waals surface area (Å²) < 4.78 is 5.19. The Bertz CT molecular complexity index is 174. The van der Waals surface area contributed by atoms with Crippen LogP contribution in [0.3, 0.4) is 0 Å². The van der Waals surface area contributed by atoms with Crippen LogP contribution in [0.4, 0.5) is 0 Å². The van der Waals surface area contributed by atoms with Crippen molar-refractivity contribution < 1.29 is 9.84 Å². The Kier molecular flexibility index (Phi) is 4.10. The van der Waals surface area contributed by atoms with E-state index in [0.717, 1.165) is 12.5 Å². The van der Waals surface area contributed by atoms with E-state index in [1.54, 1.807) is 0 Å². The molecule has 2 heterocycles. The molecule has 0 bridgehead atoms. The molecular weight excluding hydrogens is 198 g/mol. The normalized spacial score (nSPS) is 34.9. The molecule has 0 aromatic rings. The quantitative estimate of drug-likeness (QED) is 0.721. The van der Waals surface area contributed by atoms with Crippen LogP contribution < -0.4 is 5.32 Å². The van der Waals surface area contributed by atoms with Gasteiger partial charge in [-0.2, -0.15) is 11.8 Å². The monoisotopic (exact) mass is 217 g/mol. The minimum Gasteiger partial charge on any atom is -0.389 e. The standard InChI is InChI=1S/C10H19NO2S/c12-10-7-13-6-9(10)11-5-8-1-3-14-4-2-8/h8-12H,1-7H2. The van der Waals surface area contributed by atoms with Gasteiger partial charge in [0, 0.05) is 0 Å². The molecule has 0 spiro atoms. The van der Waals surface area contributed by atoms with E-state index in [-0.39, 0.29) is 12.1 Å². The van der Waals surface area contributed by atoms with Gasteiger partial charge >= 0.3 is 0 Å². The molecule has 2 unspecified atom stereocenters. The van der Waals surface area contributed by atoms with Gasteiger partial charge in [0.15, 0.2) is 0 Å². The van der Waals surface area contributed by atoms with E-state index >= 15 is 0 Å². The average molecular weight is 217 g/mol. The summed E-state index contributed by atoms with van der Waals surface area (Å²) in [5.74, 6) is 3.41. The van der Waals surface area contributed by atoms with Crippen molar-refractivity contribution in [2.75, 3.05) is 31.3 Å². The number of thioether (sulfide) groups is 1. The highest BCUT2D eigenvalue weighted by molar-refractivity contribution is 7.99. The lowest BCUT2D eigenvalue weighted by Gasteiger charge is -2.24. The Morgan fingerprint density at radius 1 is 1.29 bits per heavy atom. The van der Waals surface area contributed by atoms with Crippen molar-refractivity contribution in [1.82, 2.24) is 5.32 Å². The third-order valence-electron chi connectivity index (χ3n) is 3.06. The number of aliphatic hydroxyl groups excluding tert-OH is 1. The maximum Gasteiger partial charge on any atom is 0.0948 e. The number of hydrogen-bond donors (Lipinski definition) is 2. The smallest absolute Gasteiger partial charge is 0.0948 e. The highest BCUT2D eigenvalue weighted by Crippen LogP contribution is 2.22. The molecule has 4 heteroatoms. The Labute approximate surface area is 89.6 Å². The SMILES string of the molecule is OC1COCC1NCC1CCSCC1. The van der Waals surface area contributed by atoms with E-state index in [1.165, 1.54) is 24.3 Å². The van der Waals surface area contributed by atoms with Crippen molar-refractivity contribution in [3.05, 3.63) is 0 Å². The van der Waals surface area contributed by atoms with Crippen molar-refractivity contribution in [1.29, 1.82) is 0 Å². The largest absolute Gasteiger partial charge is 0.389 e. The van der Waals surface area contributed by atoms with Crippen LogP contribution in [0.25, 0.3) is 0 Å². The molecule has 0 aromatic carbocycles. The van der Waals surface area contributed by atoms with Gasteiger partial charge in [-0.05, 0) is 36.8 Å². The molecular formula is C10H19NO2S. The molecule has 2 fully saturated rings. The molecule has 2 atom stereocenters. The van der Waals surface area contributed by atoms with Gasteiger partial charge in [-0.1, -0.05) is 0 Å². The molecule has 0 radical (unpaired) electrons. The zero-order chi connectivity index (χ0) is 9.80. The number of rotatable bonds is 3. The van der Waals surface area contributed by atoms with Gasteiger partial charge in [-0.25, -0.2) is 0 Å². The Morgan fingerprint density at radius 3 is 2.71 bits per heavy atom.